The van der Waals surface area contributed by atoms with Crippen LogP contribution in [0.1, 0.15) is 51.0 Å². The summed E-state index contributed by atoms with van der Waals surface area (Å²) in [6.45, 7) is 4.24. The van der Waals surface area contributed by atoms with Crippen LogP contribution in [0, 0.1) is 11.8 Å². The zero-order valence-corrected chi connectivity index (χ0v) is 11.0. The third kappa shape index (κ3) is 3.10. The molecule has 1 saturated carbocycles. The Balaban J connectivity index is 1.90. The number of benzene rings is 1. The number of hydrogen-bond donors (Lipinski definition) is 1. The molecule has 1 aliphatic carbocycles. The third-order valence-electron chi connectivity index (χ3n) is 4.21. The summed E-state index contributed by atoms with van der Waals surface area (Å²) in [5, 5.41) is 10.1. The van der Waals surface area contributed by atoms with E-state index in [0.29, 0.717) is 17.8 Å². The molecule has 0 aromatic heterocycles. The SMILES string of the molecule is CC(C)C(O)C1CCC(c2ccccc2)CC1. The molecule has 0 radical (unpaired) electrons. The van der Waals surface area contributed by atoms with E-state index in [0.717, 1.165) is 0 Å². The van der Waals surface area contributed by atoms with Crippen molar-refractivity contribution in [2.24, 2.45) is 11.8 Å². The second-order valence-electron chi connectivity index (χ2n) is 5.76. The summed E-state index contributed by atoms with van der Waals surface area (Å²) in [7, 11) is 0. The van der Waals surface area contributed by atoms with Gasteiger partial charge in [0.1, 0.15) is 0 Å². The fourth-order valence-electron chi connectivity index (χ4n) is 3.06. The van der Waals surface area contributed by atoms with E-state index in [9.17, 15) is 5.11 Å². The molecule has 0 amide bonds. The normalized spacial score (nSPS) is 27.1. The summed E-state index contributed by atoms with van der Waals surface area (Å²) in [6.07, 6.45) is 4.72. The second-order valence-corrected chi connectivity index (χ2v) is 5.76. The van der Waals surface area contributed by atoms with Crippen molar-refractivity contribution in [1.82, 2.24) is 0 Å². The zero-order valence-electron chi connectivity index (χ0n) is 11.0. The van der Waals surface area contributed by atoms with Gasteiger partial charge in [-0.3, -0.25) is 0 Å². The summed E-state index contributed by atoms with van der Waals surface area (Å²) in [5.74, 6) is 1.63. The monoisotopic (exact) mass is 232 g/mol. The van der Waals surface area contributed by atoms with Crippen LogP contribution in [0.3, 0.4) is 0 Å². The molecule has 0 heterocycles. The van der Waals surface area contributed by atoms with Gasteiger partial charge in [0.05, 0.1) is 6.10 Å². The fraction of sp³-hybridized carbons (Fsp3) is 0.625. The Morgan fingerprint density at radius 2 is 1.59 bits per heavy atom. The van der Waals surface area contributed by atoms with Crippen LogP contribution in [0.5, 0.6) is 0 Å². The molecule has 1 fully saturated rings. The lowest BCUT2D eigenvalue weighted by atomic mass is 9.75. The first-order valence-corrected chi connectivity index (χ1v) is 6.91. The largest absolute Gasteiger partial charge is 0.393 e. The van der Waals surface area contributed by atoms with E-state index in [-0.39, 0.29) is 6.10 Å². The van der Waals surface area contributed by atoms with Crippen LogP contribution in [0.4, 0.5) is 0 Å². The summed E-state index contributed by atoms with van der Waals surface area (Å²) in [5.41, 5.74) is 1.48. The molecule has 17 heavy (non-hydrogen) atoms. The molecule has 94 valence electrons. The maximum absolute atomic E-state index is 10.1. The smallest absolute Gasteiger partial charge is 0.0591 e. The van der Waals surface area contributed by atoms with Crippen molar-refractivity contribution < 1.29 is 5.11 Å². The van der Waals surface area contributed by atoms with E-state index in [1.807, 2.05) is 0 Å². The van der Waals surface area contributed by atoms with Crippen molar-refractivity contribution in [3.05, 3.63) is 35.9 Å². The highest BCUT2D eigenvalue weighted by Gasteiger charge is 2.28. The molecule has 2 rings (SSSR count). The molecular formula is C16H24O. The van der Waals surface area contributed by atoms with Gasteiger partial charge in [-0.05, 0) is 49.0 Å². The fourth-order valence-corrected chi connectivity index (χ4v) is 3.06. The molecule has 1 heteroatoms. The van der Waals surface area contributed by atoms with Crippen molar-refractivity contribution in [3.8, 4) is 0 Å². The first-order valence-electron chi connectivity index (χ1n) is 6.91. The second kappa shape index (κ2) is 5.68. The van der Waals surface area contributed by atoms with Crippen LogP contribution in [-0.2, 0) is 0 Å². The topological polar surface area (TPSA) is 20.2 Å². The molecule has 0 spiro atoms. The first kappa shape index (κ1) is 12.6. The van der Waals surface area contributed by atoms with E-state index < -0.39 is 0 Å². The van der Waals surface area contributed by atoms with Gasteiger partial charge in [-0.2, -0.15) is 0 Å². The third-order valence-corrected chi connectivity index (χ3v) is 4.21. The average Bonchev–Trinajstić information content (AvgIpc) is 2.39. The number of rotatable bonds is 3. The van der Waals surface area contributed by atoms with E-state index in [4.69, 9.17) is 0 Å². The lowest BCUT2D eigenvalue weighted by Crippen LogP contribution is -2.29. The van der Waals surface area contributed by atoms with Crippen LogP contribution < -0.4 is 0 Å². The lowest BCUT2D eigenvalue weighted by molar-refractivity contribution is 0.0434. The molecular weight excluding hydrogens is 208 g/mol. The van der Waals surface area contributed by atoms with Gasteiger partial charge in [0.15, 0.2) is 0 Å². The summed E-state index contributed by atoms with van der Waals surface area (Å²) in [6, 6.07) is 10.8. The van der Waals surface area contributed by atoms with Crippen LogP contribution in [0.2, 0.25) is 0 Å². The molecule has 0 saturated heterocycles. The maximum atomic E-state index is 10.1. The zero-order chi connectivity index (χ0) is 12.3. The van der Waals surface area contributed by atoms with E-state index in [1.165, 1.54) is 31.2 Å². The Kier molecular flexibility index (Phi) is 4.22. The van der Waals surface area contributed by atoms with Crippen LogP contribution >= 0.6 is 0 Å². The minimum absolute atomic E-state index is 0.105. The molecule has 0 aliphatic heterocycles. The molecule has 1 nitrogen and oxygen atoms in total. The van der Waals surface area contributed by atoms with Gasteiger partial charge in [0, 0.05) is 0 Å². The molecule has 1 aromatic rings. The Morgan fingerprint density at radius 3 is 2.12 bits per heavy atom. The van der Waals surface area contributed by atoms with Crippen molar-refractivity contribution >= 4 is 0 Å². The molecule has 0 bridgehead atoms. The molecule has 1 aromatic carbocycles. The lowest BCUT2D eigenvalue weighted by Gasteiger charge is -2.33. The van der Waals surface area contributed by atoms with Crippen molar-refractivity contribution in [2.45, 2.75) is 51.6 Å². The molecule has 1 atom stereocenters. The number of aliphatic hydroxyl groups is 1. The summed E-state index contributed by atoms with van der Waals surface area (Å²) < 4.78 is 0. The van der Waals surface area contributed by atoms with Crippen molar-refractivity contribution in [1.29, 1.82) is 0 Å². The minimum atomic E-state index is -0.105. The Hall–Kier alpha value is -0.820. The highest BCUT2D eigenvalue weighted by molar-refractivity contribution is 5.19. The van der Waals surface area contributed by atoms with Gasteiger partial charge >= 0.3 is 0 Å². The Bertz CT molecular complexity index is 323. The summed E-state index contributed by atoms with van der Waals surface area (Å²) >= 11 is 0. The minimum Gasteiger partial charge on any atom is -0.393 e. The van der Waals surface area contributed by atoms with E-state index in [1.54, 1.807) is 0 Å². The quantitative estimate of drug-likeness (QED) is 0.836. The van der Waals surface area contributed by atoms with Crippen LogP contribution in [0.25, 0.3) is 0 Å². The average molecular weight is 232 g/mol. The Morgan fingerprint density at radius 1 is 1.00 bits per heavy atom. The molecule has 1 unspecified atom stereocenters. The van der Waals surface area contributed by atoms with Crippen molar-refractivity contribution in [3.63, 3.8) is 0 Å². The van der Waals surface area contributed by atoms with Gasteiger partial charge < -0.3 is 5.11 Å². The number of aliphatic hydroxyl groups excluding tert-OH is 1. The number of hydrogen-bond acceptors (Lipinski definition) is 1. The summed E-state index contributed by atoms with van der Waals surface area (Å²) in [4.78, 5) is 0. The van der Waals surface area contributed by atoms with E-state index in [2.05, 4.69) is 44.2 Å². The maximum Gasteiger partial charge on any atom is 0.0591 e. The van der Waals surface area contributed by atoms with Gasteiger partial charge in [-0.15, -0.1) is 0 Å². The highest BCUT2D eigenvalue weighted by atomic mass is 16.3. The molecule has 1 N–H and O–H groups in total. The molecule has 1 aliphatic rings. The predicted octanol–water partition coefficient (Wildman–Crippen LogP) is 3.98. The predicted molar refractivity (Wildman–Crippen MR) is 72.0 cm³/mol. The Labute approximate surface area is 105 Å². The van der Waals surface area contributed by atoms with E-state index >= 15 is 0 Å². The standard InChI is InChI=1S/C16H24O/c1-12(2)16(17)15-10-8-14(9-11-15)13-6-4-3-5-7-13/h3-7,12,14-17H,8-11H2,1-2H3. The van der Waals surface area contributed by atoms with Crippen molar-refractivity contribution in [2.75, 3.05) is 0 Å². The first-order chi connectivity index (χ1) is 8.18. The van der Waals surface area contributed by atoms with Crippen LogP contribution in [-0.4, -0.2) is 11.2 Å². The van der Waals surface area contributed by atoms with Gasteiger partial charge in [-0.25, -0.2) is 0 Å². The van der Waals surface area contributed by atoms with Crippen LogP contribution in [0.15, 0.2) is 30.3 Å². The highest BCUT2D eigenvalue weighted by Crippen LogP contribution is 2.38. The van der Waals surface area contributed by atoms with Gasteiger partial charge in [0.25, 0.3) is 0 Å². The van der Waals surface area contributed by atoms with Gasteiger partial charge in [-0.1, -0.05) is 44.2 Å². The van der Waals surface area contributed by atoms with Gasteiger partial charge in [0.2, 0.25) is 0 Å².